The fourth-order valence-corrected chi connectivity index (χ4v) is 4.11. The summed E-state index contributed by atoms with van der Waals surface area (Å²) in [4.78, 5) is 7.16. The summed E-state index contributed by atoms with van der Waals surface area (Å²) in [5.41, 5.74) is 5.90. The minimum Gasteiger partial charge on any atom is -0.367 e. The maximum absolute atomic E-state index is 5.99. The average molecular weight is 292 g/mol. The highest BCUT2D eigenvalue weighted by Crippen LogP contribution is 2.40. The summed E-state index contributed by atoms with van der Waals surface area (Å²) in [6.45, 7) is 3.44. The molecule has 21 heavy (non-hydrogen) atoms. The SMILES string of the molecule is NCC1(c2nc(C3CN4CCCC4CO3)no2)CCCC1. The van der Waals surface area contributed by atoms with Crippen LogP contribution in [0.4, 0.5) is 0 Å². The molecule has 116 valence electrons. The van der Waals surface area contributed by atoms with Crippen molar-refractivity contribution in [2.45, 2.75) is 56.1 Å². The molecule has 6 heteroatoms. The Balaban J connectivity index is 1.52. The number of hydrogen-bond acceptors (Lipinski definition) is 6. The maximum Gasteiger partial charge on any atom is 0.234 e. The predicted octanol–water partition coefficient (Wildman–Crippen LogP) is 1.38. The lowest BCUT2D eigenvalue weighted by atomic mass is 9.86. The molecule has 4 rings (SSSR count). The second-order valence-corrected chi connectivity index (χ2v) is 6.76. The minimum absolute atomic E-state index is 0.0481. The van der Waals surface area contributed by atoms with Crippen LogP contribution in [0.1, 0.15) is 56.3 Å². The van der Waals surface area contributed by atoms with Crippen LogP contribution < -0.4 is 5.73 Å². The summed E-state index contributed by atoms with van der Waals surface area (Å²) in [7, 11) is 0. The van der Waals surface area contributed by atoms with Crippen LogP contribution in [0.15, 0.2) is 4.52 Å². The fourth-order valence-electron chi connectivity index (χ4n) is 4.11. The Hall–Kier alpha value is -0.980. The van der Waals surface area contributed by atoms with E-state index in [1.165, 1.54) is 32.2 Å². The van der Waals surface area contributed by atoms with Crippen molar-refractivity contribution in [1.82, 2.24) is 15.0 Å². The highest BCUT2D eigenvalue weighted by Gasteiger charge is 2.41. The number of fused-ring (bicyclic) bond motifs is 1. The molecule has 1 aliphatic carbocycles. The van der Waals surface area contributed by atoms with E-state index >= 15 is 0 Å². The fraction of sp³-hybridized carbons (Fsp3) is 0.867. The van der Waals surface area contributed by atoms with Gasteiger partial charge in [0.25, 0.3) is 0 Å². The molecule has 0 aromatic carbocycles. The van der Waals surface area contributed by atoms with Crippen LogP contribution in [0.2, 0.25) is 0 Å². The molecule has 1 saturated carbocycles. The van der Waals surface area contributed by atoms with Crippen LogP contribution in [0.3, 0.4) is 0 Å². The zero-order valence-electron chi connectivity index (χ0n) is 12.5. The normalized spacial score (nSPS) is 32.4. The van der Waals surface area contributed by atoms with E-state index in [2.05, 4.69) is 15.0 Å². The Morgan fingerprint density at radius 1 is 1.29 bits per heavy atom. The van der Waals surface area contributed by atoms with Gasteiger partial charge in [-0.3, -0.25) is 4.90 Å². The number of aromatic nitrogens is 2. The molecule has 6 nitrogen and oxygen atoms in total. The van der Waals surface area contributed by atoms with Crippen LogP contribution >= 0.6 is 0 Å². The number of rotatable bonds is 3. The number of hydrogen-bond donors (Lipinski definition) is 1. The quantitative estimate of drug-likeness (QED) is 0.907. The smallest absolute Gasteiger partial charge is 0.234 e. The largest absolute Gasteiger partial charge is 0.367 e. The summed E-state index contributed by atoms with van der Waals surface area (Å²) < 4.78 is 11.5. The van der Waals surface area contributed by atoms with Crippen LogP contribution in [0.5, 0.6) is 0 Å². The molecule has 3 fully saturated rings. The van der Waals surface area contributed by atoms with E-state index in [9.17, 15) is 0 Å². The molecule has 0 amide bonds. The van der Waals surface area contributed by atoms with E-state index in [0.29, 0.717) is 18.4 Å². The van der Waals surface area contributed by atoms with Crippen molar-refractivity contribution in [3.8, 4) is 0 Å². The van der Waals surface area contributed by atoms with Crippen molar-refractivity contribution in [3.63, 3.8) is 0 Å². The molecule has 0 bridgehead atoms. The summed E-state index contributed by atoms with van der Waals surface area (Å²) in [6.07, 6.45) is 6.99. The standard InChI is InChI=1S/C15H24N4O2/c16-10-15(5-1-2-6-15)14-17-13(18-21-14)12-8-19-7-3-4-11(19)9-20-12/h11-12H,1-10,16H2. The van der Waals surface area contributed by atoms with Gasteiger partial charge in [0.15, 0.2) is 0 Å². The van der Waals surface area contributed by atoms with Crippen molar-refractivity contribution in [1.29, 1.82) is 0 Å². The molecule has 3 heterocycles. The summed E-state index contributed by atoms with van der Waals surface area (Å²) in [6, 6.07) is 0.595. The highest BCUT2D eigenvalue weighted by atomic mass is 16.5. The molecule has 2 atom stereocenters. The third-order valence-corrected chi connectivity index (χ3v) is 5.52. The lowest BCUT2D eigenvalue weighted by Gasteiger charge is -2.33. The molecular formula is C15H24N4O2. The van der Waals surface area contributed by atoms with Gasteiger partial charge in [0, 0.05) is 19.1 Å². The van der Waals surface area contributed by atoms with E-state index in [0.717, 1.165) is 31.9 Å². The van der Waals surface area contributed by atoms with Crippen molar-refractivity contribution < 1.29 is 9.26 Å². The van der Waals surface area contributed by atoms with E-state index in [4.69, 9.17) is 15.0 Å². The Morgan fingerprint density at radius 2 is 2.14 bits per heavy atom. The zero-order chi connectivity index (χ0) is 14.3. The second-order valence-electron chi connectivity index (χ2n) is 6.76. The molecule has 1 aromatic rings. The molecule has 2 N–H and O–H groups in total. The summed E-state index contributed by atoms with van der Waals surface area (Å²) >= 11 is 0. The Morgan fingerprint density at radius 3 is 2.95 bits per heavy atom. The third-order valence-electron chi connectivity index (χ3n) is 5.52. The molecular weight excluding hydrogens is 268 g/mol. The number of nitrogens with zero attached hydrogens (tertiary/aromatic N) is 3. The van der Waals surface area contributed by atoms with Gasteiger partial charge in [-0.25, -0.2) is 0 Å². The first-order chi connectivity index (χ1) is 10.3. The van der Waals surface area contributed by atoms with Crippen LogP contribution in [0.25, 0.3) is 0 Å². The Kier molecular flexibility index (Phi) is 3.47. The predicted molar refractivity (Wildman–Crippen MR) is 76.8 cm³/mol. The minimum atomic E-state index is -0.0872. The topological polar surface area (TPSA) is 77.4 Å². The molecule has 2 aliphatic heterocycles. The molecule has 0 spiro atoms. The van der Waals surface area contributed by atoms with Gasteiger partial charge in [-0.05, 0) is 32.2 Å². The highest BCUT2D eigenvalue weighted by molar-refractivity contribution is 5.10. The maximum atomic E-state index is 5.99. The lowest BCUT2D eigenvalue weighted by molar-refractivity contribution is -0.0548. The first-order valence-electron chi connectivity index (χ1n) is 8.20. The molecule has 1 aromatic heterocycles. The summed E-state index contributed by atoms with van der Waals surface area (Å²) in [5.74, 6) is 1.43. The van der Waals surface area contributed by atoms with Gasteiger partial charge in [0.2, 0.25) is 11.7 Å². The first kappa shape index (κ1) is 13.7. The van der Waals surface area contributed by atoms with Gasteiger partial charge in [-0.2, -0.15) is 4.98 Å². The number of morpholine rings is 1. The van der Waals surface area contributed by atoms with Crippen molar-refractivity contribution in [2.75, 3.05) is 26.2 Å². The van der Waals surface area contributed by atoms with E-state index < -0.39 is 0 Å². The van der Waals surface area contributed by atoms with Crippen LogP contribution in [0, 0.1) is 0 Å². The molecule has 2 unspecified atom stereocenters. The van der Waals surface area contributed by atoms with Gasteiger partial charge in [0.05, 0.1) is 12.0 Å². The van der Waals surface area contributed by atoms with E-state index in [1.54, 1.807) is 0 Å². The first-order valence-corrected chi connectivity index (χ1v) is 8.20. The molecule has 3 aliphatic rings. The van der Waals surface area contributed by atoms with Crippen molar-refractivity contribution in [2.24, 2.45) is 5.73 Å². The zero-order valence-corrected chi connectivity index (χ0v) is 12.5. The Labute approximate surface area is 125 Å². The van der Waals surface area contributed by atoms with Crippen LogP contribution in [-0.2, 0) is 10.2 Å². The van der Waals surface area contributed by atoms with Gasteiger partial charge in [-0.15, -0.1) is 0 Å². The van der Waals surface area contributed by atoms with Crippen molar-refractivity contribution in [3.05, 3.63) is 11.7 Å². The Bertz CT molecular complexity index is 498. The lowest BCUT2D eigenvalue weighted by Crippen LogP contribution is -2.42. The van der Waals surface area contributed by atoms with Gasteiger partial charge >= 0.3 is 0 Å². The van der Waals surface area contributed by atoms with Gasteiger partial charge < -0.3 is 15.0 Å². The third kappa shape index (κ3) is 2.29. The second kappa shape index (κ2) is 5.34. The monoisotopic (exact) mass is 292 g/mol. The van der Waals surface area contributed by atoms with Gasteiger partial charge in [0.1, 0.15) is 6.10 Å². The van der Waals surface area contributed by atoms with Gasteiger partial charge in [-0.1, -0.05) is 18.0 Å². The number of nitrogens with two attached hydrogens (primary N) is 1. The van der Waals surface area contributed by atoms with Crippen molar-refractivity contribution >= 4 is 0 Å². The van der Waals surface area contributed by atoms with E-state index in [1.807, 2.05) is 0 Å². The molecule has 2 saturated heterocycles. The average Bonchev–Trinajstić information content (AvgIpc) is 3.25. The molecule has 0 radical (unpaired) electrons. The number of ether oxygens (including phenoxy) is 1. The van der Waals surface area contributed by atoms with E-state index in [-0.39, 0.29) is 11.5 Å². The van der Waals surface area contributed by atoms with Crippen LogP contribution in [-0.4, -0.2) is 47.3 Å². The summed E-state index contributed by atoms with van der Waals surface area (Å²) in [5, 5.41) is 4.20.